The Morgan fingerprint density at radius 3 is 2.35 bits per heavy atom. The molecule has 5 nitrogen and oxygen atoms in total. The summed E-state index contributed by atoms with van der Waals surface area (Å²) in [5.74, 6) is -0.720. The van der Waals surface area contributed by atoms with Gasteiger partial charge in [-0.15, -0.1) is 0 Å². The van der Waals surface area contributed by atoms with Gasteiger partial charge in [-0.1, -0.05) is 12.8 Å². The predicted octanol–water partition coefficient (Wildman–Crippen LogP) is 2.98. The lowest BCUT2D eigenvalue weighted by Gasteiger charge is -2.34. The summed E-state index contributed by atoms with van der Waals surface area (Å²) in [4.78, 5) is 27.4. The Kier molecular flexibility index (Phi) is 6.25. The van der Waals surface area contributed by atoms with Crippen LogP contribution in [0.4, 0.5) is 13.2 Å². The average Bonchev–Trinajstić information content (AvgIpc) is 2.83. The monoisotopic (exact) mass is 378 g/mol. The first kappa shape index (κ1) is 21.0. The fourth-order valence-electron chi connectivity index (χ4n) is 4.02. The first-order valence-corrected chi connectivity index (χ1v) is 9.17. The molecule has 0 N–H and O–H groups in total. The zero-order valence-electron chi connectivity index (χ0n) is 15.9. The topological polar surface area (TPSA) is 49.9 Å². The zero-order chi connectivity index (χ0) is 19.7. The second kappa shape index (κ2) is 7.74. The smallest absolute Gasteiger partial charge is 0.406 e. The molecule has 0 aromatic rings. The summed E-state index contributed by atoms with van der Waals surface area (Å²) in [5.41, 5.74) is -0.645. The standard InChI is InChI=1S/C18H29F3N2O3/c1-17(2,3)26-16(25)14-9-12-7-5-6-8-13(12)23(14)10-15(24)22(4)11-18(19,20)21/h12-14H,5-11H2,1-4H3/t12-,13+,14+/m1/s1. The quantitative estimate of drug-likeness (QED) is 0.706. The van der Waals surface area contributed by atoms with E-state index in [1.54, 1.807) is 25.7 Å². The number of likely N-dealkylation sites (N-methyl/N-ethyl adjacent to an activating group) is 1. The van der Waals surface area contributed by atoms with Crippen LogP contribution < -0.4 is 0 Å². The van der Waals surface area contributed by atoms with Crippen LogP contribution in [0.5, 0.6) is 0 Å². The number of amides is 1. The highest BCUT2D eigenvalue weighted by atomic mass is 19.4. The number of fused-ring (bicyclic) bond motifs is 1. The molecule has 8 heteroatoms. The van der Waals surface area contributed by atoms with Crippen molar-refractivity contribution >= 4 is 11.9 Å². The van der Waals surface area contributed by atoms with E-state index in [0.29, 0.717) is 17.2 Å². The minimum absolute atomic E-state index is 0.0597. The number of hydrogen-bond acceptors (Lipinski definition) is 4. The van der Waals surface area contributed by atoms with Gasteiger partial charge < -0.3 is 9.64 Å². The molecule has 0 aromatic carbocycles. The third-order valence-corrected chi connectivity index (χ3v) is 5.06. The Morgan fingerprint density at radius 2 is 1.77 bits per heavy atom. The molecule has 0 radical (unpaired) electrons. The maximum Gasteiger partial charge on any atom is 0.406 e. The summed E-state index contributed by atoms with van der Waals surface area (Å²) >= 11 is 0. The predicted molar refractivity (Wildman–Crippen MR) is 90.4 cm³/mol. The van der Waals surface area contributed by atoms with Crippen LogP contribution in [0.2, 0.25) is 0 Å². The number of esters is 1. The van der Waals surface area contributed by atoms with E-state index >= 15 is 0 Å². The van der Waals surface area contributed by atoms with E-state index in [4.69, 9.17) is 4.74 Å². The third-order valence-electron chi connectivity index (χ3n) is 5.06. The van der Waals surface area contributed by atoms with Crippen molar-refractivity contribution in [2.75, 3.05) is 20.1 Å². The van der Waals surface area contributed by atoms with Gasteiger partial charge in [0.15, 0.2) is 0 Å². The van der Waals surface area contributed by atoms with Gasteiger partial charge >= 0.3 is 12.1 Å². The summed E-state index contributed by atoms with van der Waals surface area (Å²) in [6, 6.07) is -0.505. The van der Waals surface area contributed by atoms with Gasteiger partial charge in [0, 0.05) is 13.1 Å². The van der Waals surface area contributed by atoms with E-state index in [-0.39, 0.29) is 12.6 Å². The van der Waals surface area contributed by atoms with E-state index in [9.17, 15) is 22.8 Å². The Bertz CT molecular complexity index is 531. The Morgan fingerprint density at radius 1 is 1.15 bits per heavy atom. The van der Waals surface area contributed by atoms with Crippen molar-refractivity contribution in [3.63, 3.8) is 0 Å². The molecule has 1 saturated carbocycles. The molecule has 2 rings (SSSR count). The highest BCUT2D eigenvalue weighted by Crippen LogP contribution is 2.40. The Labute approximate surface area is 152 Å². The lowest BCUT2D eigenvalue weighted by atomic mass is 9.85. The number of nitrogens with zero attached hydrogens (tertiary/aromatic N) is 2. The normalized spacial score (nSPS) is 27.1. The van der Waals surface area contributed by atoms with Gasteiger partial charge in [-0.2, -0.15) is 13.2 Å². The van der Waals surface area contributed by atoms with Crippen LogP contribution in [-0.2, 0) is 14.3 Å². The van der Waals surface area contributed by atoms with Gasteiger partial charge in [0.2, 0.25) is 5.91 Å². The Hall–Kier alpha value is -1.31. The zero-order valence-corrected chi connectivity index (χ0v) is 15.9. The van der Waals surface area contributed by atoms with E-state index in [1.807, 2.05) is 0 Å². The summed E-state index contributed by atoms with van der Waals surface area (Å²) in [6.45, 7) is 3.86. The molecule has 0 spiro atoms. The fourth-order valence-corrected chi connectivity index (χ4v) is 4.02. The SMILES string of the molecule is CN(CC(F)(F)F)C(=O)CN1[C@H](C(=O)OC(C)(C)C)C[C@H]2CCCC[C@@H]21. The number of carbonyl (C=O) groups excluding carboxylic acids is 2. The number of rotatable bonds is 4. The van der Waals surface area contributed by atoms with Crippen LogP contribution in [0.15, 0.2) is 0 Å². The largest absolute Gasteiger partial charge is 0.459 e. The number of halogens is 3. The van der Waals surface area contributed by atoms with Gasteiger partial charge in [0.05, 0.1) is 6.54 Å². The minimum atomic E-state index is -4.44. The summed E-state index contributed by atoms with van der Waals surface area (Å²) in [5, 5.41) is 0. The van der Waals surface area contributed by atoms with Crippen molar-refractivity contribution in [1.82, 2.24) is 9.80 Å². The summed E-state index contributed by atoms with van der Waals surface area (Å²) in [6.07, 6.45) is 0.0970. The highest BCUT2D eigenvalue weighted by molar-refractivity contribution is 5.81. The molecule has 0 bridgehead atoms. The van der Waals surface area contributed by atoms with Gasteiger partial charge in [0.1, 0.15) is 18.2 Å². The molecule has 0 unspecified atom stereocenters. The molecule has 2 aliphatic rings. The van der Waals surface area contributed by atoms with Crippen molar-refractivity contribution in [1.29, 1.82) is 0 Å². The molecule has 1 aliphatic heterocycles. The molecular formula is C18H29F3N2O3. The van der Waals surface area contributed by atoms with Crippen molar-refractivity contribution in [3.05, 3.63) is 0 Å². The van der Waals surface area contributed by atoms with E-state index in [1.165, 1.54) is 0 Å². The number of hydrogen-bond donors (Lipinski definition) is 0. The van der Waals surface area contributed by atoms with Gasteiger partial charge in [-0.3, -0.25) is 14.5 Å². The molecule has 1 amide bonds. The summed E-state index contributed by atoms with van der Waals surface area (Å²) < 4.78 is 43.2. The highest BCUT2D eigenvalue weighted by Gasteiger charge is 2.47. The van der Waals surface area contributed by atoms with Crippen LogP contribution in [0.1, 0.15) is 52.9 Å². The van der Waals surface area contributed by atoms with E-state index in [0.717, 1.165) is 32.7 Å². The van der Waals surface area contributed by atoms with Crippen LogP contribution in [0.3, 0.4) is 0 Å². The molecule has 1 saturated heterocycles. The molecule has 2 fully saturated rings. The van der Waals surface area contributed by atoms with Crippen molar-refractivity contribution < 1.29 is 27.5 Å². The lowest BCUT2D eigenvalue weighted by molar-refractivity contribution is -0.164. The second-order valence-corrected chi connectivity index (χ2v) is 8.43. The maximum absolute atomic E-state index is 12.6. The maximum atomic E-state index is 12.6. The number of alkyl halides is 3. The lowest BCUT2D eigenvalue weighted by Crippen LogP contribution is -2.50. The van der Waals surface area contributed by atoms with Crippen LogP contribution in [0.25, 0.3) is 0 Å². The molecule has 150 valence electrons. The van der Waals surface area contributed by atoms with Gasteiger partial charge in [0.25, 0.3) is 0 Å². The molecule has 0 aromatic heterocycles. The minimum Gasteiger partial charge on any atom is -0.459 e. The summed E-state index contributed by atoms with van der Waals surface area (Å²) in [7, 11) is 1.15. The Balaban J connectivity index is 2.11. The van der Waals surface area contributed by atoms with Crippen molar-refractivity contribution in [2.24, 2.45) is 5.92 Å². The first-order valence-electron chi connectivity index (χ1n) is 9.17. The number of likely N-dealkylation sites (tertiary alicyclic amines) is 1. The average molecular weight is 378 g/mol. The molecule has 3 atom stereocenters. The number of ether oxygens (including phenoxy) is 1. The molecular weight excluding hydrogens is 349 g/mol. The van der Waals surface area contributed by atoms with Crippen LogP contribution in [0, 0.1) is 5.92 Å². The van der Waals surface area contributed by atoms with Crippen molar-refractivity contribution in [3.8, 4) is 0 Å². The molecule has 1 aliphatic carbocycles. The van der Waals surface area contributed by atoms with Gasteiger partial charge in [-0.25, -0.2) is 0 Å². The van der Waals surface area contributed by atoms with Crippen LogP contribution in [-0.4, -0.2) is 65.7 Å². The first-order chi connectivity index (χ1) is 11.9. The van der Waals surface area contributed by atoms with E-state index < -0.39 is 36.2 Å². The molecule has 1 heterocycles. The fraction of sp³-hybridized carbons (Fsp3) is 0.889. The van der Waals surface area contributed by atoms with Crippen molar-refractivity contribution in [2.45, 2.75) is 76.7 Å². The van der Waals surface area contributed by atoms with Gasteiger partial charge in [-0.05, 0) is 46.0 Å². The second-order valence-electron chi connectivity index (χ2n) is 8.43. The third kappa shape index (κ3) is 5.59. The van der Waals surface area contributed by atoms with E-state index in [2.05, 4.69) is 0 Å². The molecule has 26 heavy (non-hydrogen) atoms. The number of carbonyl (C=O) groups is 2. The van der Waals surface area contributed by atoms with Crippen LogP contribution >= 0.6 is 0 Å².